The van der Waals surface area contributed by atoms with Gasteiger partial charge in [0.25, 0.3) is 0 Å². The Hall–Kier alpha value is -3.19. The maximum atomic E-state index is 13.0. The van der Waals surface area contributed by atoms with E-state index in [1.54, 1.807) is 17.1 Å². The van der Waals surface area contributed by atoms with Crippen molar-refractivity contribution in [1.82, 2.24) is 15.5 Å². The van der Waals surface area contributed by atoms with Gasteiger partial charge in [0.1, 0.15) is 6.04 Å². The van der Waals surface area contributed by atoms with Crippen LogP contribution in [0.4, 0.5) is 0 Å². The zero-order valence-corrected chi connectivity index (χ0v) is 25.2. The van der Waals surface area contributed by atoms with Crippen LogP contribution < -0.4 is 16.4 Å². The van der Waals surface area contributed by atoms with Crippen molar-refractivity contribution in [2.45, 2.75) is 98.2 Å². The predicted molar refractivity (Wildman–Crippen MR) is 165 cm³/mol. The number of piperidine rings is 1. The minimum Gasteiger partial charge on any atom is -0.347 e. The first kappa shape index (κ1) is 38.0. The first-order valence-corrected chi connectivity index (χ1v) is 14.3. The topological polar surface area (TPSA) is 105 Å². The summed E-state index contributed by atoms with van der Waals surface area (Å²) >= 11 is 0. The molecule has 7 heteroatoms. The summed E-state index contributed by atoms with van der Waals surface area (Å²) in [6.45, 7) is 18.8. The largest absolute Gasteiger partial charge is 0.347 e. The highest BCUT2D eigenvalue weighted by molar-refractivity contribution is 5.91. The molecule has 1 aliphatic rings. The summed E-state index contributed by atoms with van der Waals surface area (Å²) in [7, 11) is 0. The van der Waals surface area contributed by atoms with Crippen LogP contribution in [0.3, 0.4) is 0 Å². The Balaban J connectivity index is 0. The third-order valence-electron chi connectivity index (χ3n) is 5.58. The molecule has 1 aromatic carbocycles. The van der Waals surface area contributed by atoms with Gasteiger partial charge in [-0.2, -0.15) is 0 Å². The summed E-state index contributed by atoms with van der Waals surface area (Å²) < 4.78 is 0. The maximum Gasteiger partial charge on any atom is 0.245 e. The Morgan fingerprint density at radius 3 is 2.15 bits per heavy atom. The number of carbonyl (C=O) groups is 3. The summed E-state index contributed by atoms with van der Waals surface area (Å²) in [5.41, 5.74) is 6.39. The summed E-state index contributed by atoms with van der Waals surface area (Å²) in [4.78, 5) is 39.2. The van der Waals surface area contributed by atoms with E-state index in [2.05, 4.69) is 44.6 Å². The van der Waals surface area contributed by atoms with Crippen molar-refractivity contribution in [3.05, 3.63) is 73.4 Å². The highest BCUT2D eigenvalue weighted by Gasteiger charge is 2.36. The van der Waals surface area contributed by atoms with Crippen LogP contribution in [-0.2, 0) is 14.4 Å². The number of nitrogens with zero attached hydrogens (tertiary/aromatic N) is 1. The van der Waals surface area contributed by atoms with Gasteiger partial charge in [-0.3, -0.25) is 14.4 Å². The predicted octanol–water partition coefficient (Wildman–Crippen LogP) is 5.85. The molecule has 3 atom stereocenters. The van der Waals surface area contributed by atoms with E-state index in [0.717, 1.165) is 24.8 Å². The van der Waals surface area contributed by atoms with Gasteiger partial charge in [0, 0.05) is 6.04 Å². The van der Waals surface area contributed by atoms with E-state index in [9.17, 15) is 14.4 Å². The number of likely N-dealkylation sites (tertiary alicyclic amines) is 1. The minimum absolute atomic E-state index is 0.00462. The molecule has 2 rings (SSSR count). The van der Waals surface area contributed by atoms with Crippen molar-refractivity contribution < 1.29 is 14.4 Å². The SMILES string of the molecule is C/C=C\CC(NC(=O)CN1C(=O)C(NC(=O)CN)CC[C@H]1CCC)c1ccccc1.C=CC=C.CC.CCC. The van der Waals surface area contributed by atoms with Crippen LogP contribution in [0.1, 0.15) is 91.7 Å². The van der Waals surface area contributed by atoms with E-state index < -0.39 is 6.04 Å². The lowest BCUT2D eigenvalue weighted by Gasteiger charge is -2.39. The number of nitrogens with one attached hydrogen (secondary N) is 2. The third-order valence-corrected chi connectivity index (χ3v) is 5.58. The molecule has 7 nitrogen and oxygen atoms in total. The van der Waals surface area contributed by atoms with Crippen molar-refractivity contribution in [2.75, 3.05) is 13.1 Å². The number of rotatable bonds is 11. The van der Waals surface area contributed by atoms with Gasteiger partial charge in [0.15, 0.2) is 0 Å². The Bertz CT molecular complexity index is 833. The van der Waals surface area contributed by atoms with E-state index in [1.165, 1.54) is 6.42 Å². The number of amides is 3. The lowest BCUT2D eigenvalue weighted by Crippen LogP contribution is -2.58. The highest BCUT2D eigenvalue weighted by atomic mass is 16.2. The van der Waals surface area contributed by atoms with Crippen molar-refractivity contribution in [2.24, 2.45) is 5.73 Å². The highest BCUT2D eigenvalue weighted by Crippen LogP contribution is 2.23. The van der Waals surface area contributed by atoms with E-state index >= 15 is 0 Å². The van der Waals surface area contributed by atoms with Crippen molar-refractivity contribution in [3.8, 4) is 0 Å². The first-order chi connectivity index (χ1) is 18.8. The van der Waals surface area contributed by atoms with Gasteiger partial charge in [-0.15, -0.1) is 0 Å². The van der Waals surface area contributed by atoms with Crippen LogP contribution in [0.5, 0.6) is 0 Å². The molecular formula is C32H54N4O3. The second-order valence-corrected chi connectivity index (χ2v) is 8.82. The van der Waals surface area contributed by atoms with Crippen LogP contribution in [0.2, 0.25) is 0 Å². The second kappa shape index (κ2) is 25.1. The summed E-state index contributed by atoms with van der Waals surface area (Å²) in [6, 6.07) is 9.03. The Morgan fingerprint density at radius 1 is 1.08 bits per heavy atom. The Morgan fingerprint density at radius 2 is 1.67 bits per heavy atom. The van der Waals surface area contributed by atoms with Gasteiger partial charge in [0.05, 0.1) is 19.1 Å². The molecule has 2 unspecified atom stereocenters. The average Bonchev–Trinajstić information content (AvgIpc) is 2.96. The molecule has 0 saturated carbocycles. The molecule has 0 aliphatic carbocycles. The fourth-order valence-corrected chi connectivity index (χ4v) is 3.88. The number of allylic oxidation sites excluding steroid dienone is 3. The molecular weight excluding hydrogens is 488 g/mol. The lowest BCUT2D eigenvalue weighted by atomic mass is 9.94. The molecule has 0 spiro atoms. The van der Waals surface area contributed by atoms with E-state index in [0.29, 0.717) is 12.8 Å². The number of benzene rings is 1. The van der Waals surface area contributed by atoms with E-state index in [-0.39, 0.29) is 42.9 Å². The zero-order valence-electron chi connectivity index (χ0n) is 25.2. The molecule has 0 bridgehead atoms. The lowest BCUT2D eigenvalue weighted by molar-refractivity contribution is -0.145. The molecule has 220 valence electrons. The van der Waals surface area contributed by atoms with Gasteiger partial charge in [-0.25, -0.2) is 0 Å². The third kappa shape index (κ3) is 16.4. The summed E-state index contributed by atoms with van der Waals surface area (Å²) in [6.07, 6.45) is 12.2. The Kier molecular flexibility index (Phi) is 24.4. The number of carbonyl (C=O) groups excluding carboxylic acids is 3. The van der Waals surface area contributed by atoms with Crippen LogP contribution in [0.25, 0.3) is 0 Å². The normalized spacial score (nSPS) is 16.7. The molecule has 1 aliphatic heterocycles. The molecule has 3 amide bonds. The van der Waals surface area contributed by atoms with Crippen LogP contribution in [0, 0.1) is 0 Å². The van der Waals surface area contributed by atoms with Crippen molar-refractivity contribution in [1.29, 1.82) is 0 Å². The minimum atomic E-state index is -0.616. The fourth-order valence-electron chi connectivity index (χ4n) is 3.88. The summed E-state index contributed by atoms with van der Waals surface area (Å²) in [5.74, 6) is -0.767. The number of hydrogen-bond acceptors (Lipinski definition) is 4. The molecule has 0 radical (unpaired) electrons. The molecule has 1 fully saturated rings. The van der Waals surface area contributed by atoms with Gasteiger partial charge >= 0.3 is 0 Å². The Labute approximate surface area is 238 Å². The molecule has 39 heavy (non-hydrogen) atoms. The van der Waals surface area contributed by atoms with Crippen molar-refractivity contribution in [3.63, 3.8) is 0 Å². The number of hydrogen-bond donors (Lipinski definition) is 3. The maximum absolute atomic E-state index is 13.0. The van der Waals surface area contributed by atoms with Crippen molar-refractivity contribution >= 4 is 17.7 Å². The second-order valence-electron chi connectivity index (χ2n) is 8.82. The van der Waals surface area contributed by atoms with Gasteiger partial charge < -0.3 is 21.3 Å². The van der Waals surface area contributed by atoms with Crippen LogP contribution in [0.15, 0.2) is 67.8 Å². The molecule has 1 heterocycles. The summed E-state index contributed by atoms with van der Waals surface area (Å²) in [5, 5.41) is 5.76. The fraction of sp³-hybridized carbons (Fsp3) is 0.531. The smallest absolute Gasteiger partial charge is 0.245 e. The molecule has 4 N–H and O–H groups in total. The molecule has 0 aromatic heterocycles. The molecule has 1 saturated heterocycles. The first-order valence-electron chi connectivity index (χ1n) is 14.3. The zero-order chi connectivity index (χ0) is 30.1. The average molecular weight is 543 g/mol. The van der Waals surface area contributed by atoms with E-state index in [4.69, 9.17) is 5.73 Å². The van der Waals surface area contributed by atoms with Gasteiger partial charge in [-0.05, 0) is 38.2 Å². The molecule has 1 aromatic rings. The number of nitrogens with two attached hydrogens (primary N) is 1. The van der Waals surface area contributed by atoms with Gasteiger partial charge in [-0.1, -0.05) is 115 Å². The monoisotopic (exact) mass is 542 g/mol. The van der Waals surface area contributed by atoms with Crippen LogP contribution in [-0.4, -0.2) is 47.8 Å². The van der Waals surface area contributed by atoms with Gasteiger partial charge in [0.2, 0.25) is 17.7 Å². The van der Waals surface area contributed by atoms with Crippen LogP contribution >= 0.6 is 0 Å². The van der Waals surface area contributed by atoms with E-state index in [1.807, 2.05) is 63.3 Å². The standard InChI is InChI=1S/C23H34N4O3.C4H6.C3H8.C2H6/c1-3-5-12-19(17-10-7-6-8-11-17)25-22(29)16-27-18(9-4-2)13-14-20(23(27)30)26-21(28)15-24;1-3-4-2;1-3-2;1-2/h3,5-8,10-11,18-20H,4,9,12-16,24H2,1-2H3,(H,25,29)(H,26,28);3-4H,1-2H2;3H2,1-2H3;1-2H3/b5-3-;;;/t18-,19?,20?;;;/m1.../s1. The quantitative estimate of drug-likeness (QED) is 0.241.